The lowest BCUT2D eigenvalue weighted by Crippen LogP contribution is -2.30. The third-order valence-corrected chi connectivity index (χ3v) is 4.32. The zero-order chi connectivity index (χ0) is 15.6. The molecule has 0 aliphatic carbocycles. The molecule has 2 atom stereocenters. The number of nitrogens with zero attached hydrogens (tertiary/aromatic N) is 3. The molecule has 0 saturated heterocycles. The molecule has 0 N–H and O–H groups in total. The molecule has 2 rings (SSSR count). The first-order valence-electron chi connectivity index (χ1n) is 7.51. The van der Waals surface area contributed by atoms with E-state index < -0.39 is 0 Å². The van der Waals surface area contributed by atoms with Gasteiger partial charge in [-0.1, -0.05) is 25.4 Å². The molecule has 1 aromatic heterocycles. The Bertz CT molecular complexity index is 603. The van der Waals surface area contributed by atoms with Gasteiger partial charge in [0.15, 0.2) is 0 Å². The summed E-state index contributed by atoms with van der Waals surface area (Å²) in [4.78, 5) is 7.09. The lowest BCUT2D eigenvalue weighted by Gasteiger charge is -2.25. The summed E-state index contributed by atoms with van der Waals surface area (Å²) in [5, 5.41) is 0.600. The van der Waals surface area contributed by atoms with Crippen molar-refractivity contribution >= 4 is 34.2 Å². The zero-order valence-electron chi connectivity index (χ0n) is 13.1. The highest BCUT2D eigenvalue weighted by Crippen LogP contribution is 2.30. The lowest BCUT2D eigenvalue weighted by molar-refractivity contribution is 0.261. The van der Waals surface area contributed by atoms with Gasteiger partial charge >= 0.3 is 0 Å². The van der Waals surface area contributed by atoms with Crippen molar-refractivity contribution in [3.05, 3.63) is 29.0 Å². The predicted octanol–water partition coefficient (Wildman–Crippen LogP) is 4.89. The van der Waals surface area contributed by atoms with Crippen LogP contribution < -0.4 is 0 Å². The van der Waals surface area contributed by atoms with Gasteiger partial charge in [-0.15, -0.1) is 11.6 Å². The van der Waals surface area contributed by atoms with E-state index in [1.165, 1.54) is 0 Å². The highest BCUT2D eigenvalue weighted by molar-refractivity contribution is 6.31. The van der Waals surface area contributed by atoms with E-state index in [2.05, 4.69) is 35.2 Å². The van der Waals surface area contributed by atoms with Gasteiger partial charge in [0.05, 0.1) is 16.4 Å². The van der Waals surface area contributed by atoms with Crippen LogP contribution in [0, 0.1) is 0 Å². The number of hydrogen-bond acceptors (Lipinski definition) is 2. The molecule has 0 amide bonds. The first-order valence-corrected chi connectivity index (χ1v) is 8.33. The van der Waals surface area contributed by atoms with Crippen LogP contribution in [0.4, 0.5) is 0 Å². The van der Waals surface area contributed by atoms with Gasteiger partial charge in [-0.2, -0.15) is 0 Å². The molecule has 0 spiro atoms. The maximum absolute atomic E-state index is 6.34. The number of benzene rings is 1. The van der Waals surface area contributed by atoms with Crippen molar-refractivity contribution in [2.75, 3.05) is 19.6 Å². The number of hydrogen-bond donors (Lipinski definition) is 0. The van der Waals surface area contributed by atoms with Crippen LogP contribution in [0.25, 0.3) is 11.0 Å². The van der Waals surface area contributed by atoms with Gasteiger partial charge in [0.1, 0.15) is 5.82 Å². The fourth-order valence-electron chi connectivity index (χ4n) is 2.77. The number of aromatic nitrogens is 2. The molecular formula is C16H23Cl2N3. The number of likely N-dealkylation sites (N-methyl/N-ethyl adjacent to an activating group) is 1. The maximum atomic E-state index is 6.34. The summed E-state index contributed by atoms with van der Waals surface area (Å²) in [6.07, 6.45) is 0. The van der Waals surface area contributed by atoms with Gasteiger partial charge in [0, 0.05) is 17.6 Å². The molecule has 5 heteroatoms. The minimum Gasteiger partial charge on any atom is -0.323 e. The van der Waals surface area contributed by atoms with Crippen molar-refractivity contribution in [3.8, 4) is 0 Å². The third-order valence-electron chi connectivity index (χ3n) is 3.89. The molecule has 1 heterocycles. The molecule has 0 fully saturated rings. The Hall–Kier alpha value is -0.770. The average Bonchev–Trinajstić information content (AvgIpc) is 2.83. The van der Waals surface area contributed by atoms with Crippen LogP contribution >= 0.6 is 23.2 Å². The van der Waals surface area contributed by atoms with Crippen LogP contribution in [0.5, 0.6) is 0 Å². The van der Waals surface area contributed by atoms with Gasteiger partial charge in [-0.25, -0.2) is 4.98 Å². The van der Waals surface area contributed by atoms with Crippen LogP contribution in [-0.2, 0) is 0 Å². The Labute approximate surface area is 136 Å². The first-order chi connectivity index (χ1) is 9.97. The van der Waals surface area contributed by atoms with Gasteiger partial charge in [-0.3, -0.25) is 0 Å². The fraction of sp³-hybridized carbons (Fsp3) is 0.562. The number of fused-ring (bicyclic) bond motifs is 1. The first kappa shape index (κ1) is 16.6. The number of rotatable bonds is 6. The maximum Gasteiger partial charge on any atom is 0.128 e. The van der Waals surface area contributed by atoms with Crippen molar-refractivity contribution in [1.82, 2.24) is 14.5 Å². The molecule has 0 aliphatic heterocycles. The molecule has 2 aromatic rings. The molecule has 0 radical (unpaired) electrons. The van der Waals surface area contributed by atoms with Gasteiger partial charge in [-0.05, 0) is 45.1 Å². The van der Waals surface area contributed by atoms with E-state index in [1.807, 2.05) is 25.1 Å². The highest BCUT2D eigenvalue weighted by atomic mass is 35.5. The molecule has 3 nitrogen and oxygen atoms in total. The van der Waals surface area contributed by atoms with E-state index in [0.717, 1.165) is 41.5 Å². The van der Waals surface area contributed by atoms with Crippen molar-refractivity contribution in [1.29, 1.82) is 0 Å². The monoisotopic (exact) mass is 327 g/mol. The largest absolute Gasteiger partial charge is 0.323 e. The minimum absolute atomic E-state index is 0.129. The summed E-state index contributed by atoms with van der Waals surface area (Å²) >= 11 is 12.5. The topological polar surface area (TPSA) is 21.1 Å². The SMILES string of the molecule is CCN(CC)CC(C)n1c(C(C)Cl)nc2ccc(Cl)cc21. The normalized spacial score (nSPS) is 14.8. The zero-order valence-corrected chi connectivity index (χ0v) is 14.6. The Balaban J connectivity index is 2.48. The second-order valence-corrected chi connectivity index (χ2v) is 6.52. The second kappa shape index (κ2) is 6.99. The average molecular weight is 328 g/mol. The standard InChI is InChI=1S/C16H23Cl2N3/c1-5-20(6-2)10-11(3)21-15-9-13(18)7-8-14(15)19-16(21)12(4)17/h7-9,11-12H,5-6,10H2,1-4H3. The van der Waals surface area contributed by atoms with Crippen molar-refractivity contribution in [2.24, 2.45) is 0 Å². The summed E-state index contributed by atoms with van der Waals surface area (Å²) in [7, 11) is 0. The van der Waals surface area contributed by atoms with Crippen LogP contribution in [0.1, 0.15) is 44.9 Å². The van der Waals surface area contributed by atoms with E-state index in [0.29, 0.717) is 6.04 Å². The minimum atomic E-state index is -0.129. The molecule has 0 bridgehead atoms. The van der Waals surface area contributed by atoms with Gasteiger partial charge in [0.25, 0.3) is 0 Å². The molecule has 116 valence electrons. The summed E-state index contributed by atoms with van der Waals surface area (Å²) in [6, 6.07) is 6.11. The second-order valence-electron chi connectivity index (χ2n) is 5.42. The Morgan fingerprint density at radius 3 is 2.48 bits per heavy atom. The van der Waals surface area contributed by atoms with E-state index in [9.17, 15) is 0 Å². The van der Waals surface area contributed by atoms with Crippen LogP contribution in [0.2, 0.25) is 5.02 Å². The van der Waals surface area contributed by atoms with Crippen LogP contribution in [-0.4, -0.2) is 34.1 Å². The molecule has 0 aliphatic rings. The Morgan fingerprint density at radius 1 is 1.24 bits per heavy atom. The van der Waals surface area contributed by atoms with E-state index in [1.54, 1.807) is 0 Å². The number of alkyl halides is 1. The molecule has 1 aromatic carbocycles. The Kier molecular flexibility index (Phi) is 5.53. The van der Waals surface area contributed by atoms with E-state index in [-0.39, 0.29) is 5.38 Å². The third kappa shape index (κ3) is 3.53. The van der Waals surface area contributed by atoms with Gasteiger partial charge < -0.3 is 9.47 Å². The lowest BCUT2D eigenvalue weighted by atomic mass is 10.2. The highest BCUT2D eigenvalue weighted by Gasteiger charge is 2.20. The predicted molar refractivity (Wildman–Crippen MR) is 91.5 cm³/mol. The summed E-state index contributed by atoms with van der Waals surface area (Å²) in [5.41, 5.74) is 2.01. The van der Waals surface area contributed by atoms with Crippen LogP contribution in [0.3, 0.4) is 0 Å². The summed E-state index contributed by atoms with van der Waals surface area (Å²) in [6.45, 7) is 11.6. The molecule has 0 saturated carbocycles. The molecular weight excluding hydrogens is 305 g/mol. The van der Waals surface area contributed by atoms with E-state index in [4.69, 9.17) is 23.2 Å². The number of halogens is 2. The molecule has 2 unspecified atom stereocenters. The number of imidazole rings is 1. The van der Waals surface area contributed by atoms with Gasteiger partial charge in [0.2, 0.25) is 0 Å². The van der Waals surface area contributed by atoms with E-state index >= 15 is 0 Å². The van der Waals surface area contributed by atoms with Crippen molar-refractivity contribution in [2.45, 2.75) is 39.1 Å². The smallest absolute Gasteiger partial charge is 0.128 e. The quantitative estimate of drug-likeness (QED) is 0.704. The van der Waals surface area contributed by atoms with Crippen LogP contribution in [0.15, 0.2) is 18.2 Å². The van der Waals surface area contributed by atoms with Crippen molar-refractivity contribution in [3.63, 3.8) is 0 Å². The summed E-state index contributed by atoms with van der Waals surface area (Å²) in [5.74, 6) is 0.911. The summed E-state index contributed by atoms with van der Waals surface area (Å²) < 4.78 is 2.23. The fourth-order valence-corrected chi connectivity index (χ4v) is 3.09. The van der Waals surface area contributed by atoms with Crippen molar-refractivity contribution < 1.29 is 0 Å². The molecule has 21 heavy (non-hydrogen) atoms. The Morgan fingerprint density at radius 2 is 1.90 bits per heavy atom.